The van der Waals surface area contributed by atoms with E-state index in [1.807, 2.05) is 0 Å². The molecule has 1 aliphatic carbocycles. The number of rotatable bonds is 1. The zero-order chi connectivity index (χ0) is 12.5. The summed E-state index contributed by atoms with van der Waals surface area (Å²) >= 11 is 0. The maximum atomic E-state index is 3.16. The van der Waals surface area contributed by atoms with Gasteiger partial charge >= 0.3 is 8.24 Å². The third kappa shape index (κ3) is 1.22. The Bertz CT molecular complexity index is 493. The number of allylic oxidation sites excluding steroid dienone is 3. The quantitative estimate of drug-likeness (QED) is 0.383. The Balaban J connectivity index is 2.03. The van der Waals surface area contributed by atoms with Crippen LogP contribution in [0.5, 0.6) is 0 Å². The van der Waals surface area contributed by atoms with Crippen LogP contribution in [-0.2, 0) is 0 Å². The Kier molecular flexibility index (Phi) is 2.29. The molecule has 1 unspecified atom stereocenters. The van der Waals surface area contributed by atoms with E-state index in [1.54, 1.807) is 0 Å². The smallest absolute Gasteiger partial charge is 0.327 e. The van der Waals surface area contributed by atoms with Crippen LogP contribution in [0.4, 0.5) is 0 Å². The van der Waals surface area contributed by atoms with Gasteiger partial charge in [-0.05, 0) is 45.0 Å². The van der Waals surface area contributed by atoms with Gasteiger partial charge in [0.05, 0.1) is 7.05 Å². The van der Waals surface area contributed by atoms with Crippen LogP contribution in [0.1, 0.15) is 25.7 Å². The largest absolute Gasteiger partial charge is 0.344 e. The van der Waals surface area contributed by atoms with Crippen molar-refractivity contribution < 1.29 is 3.99 Å². The first-order valence-electron chi connectivity index (χ1n) is 7.59. The Morgan fingerprint density at radius 1 is 0.833 bits per heavy atom. The van der Waals surface area contributed by atoms with Crippen molar-refractivity contribution in [1.29, 1.82) is 0 Å². The zero-order valence-electron chi connectivity index (χ0n) is 11.8. The monoisotopic (exact) mass is 278 g/mol. The van der Waals surface area contributed by atoms with Gasteiger partial charge in [-0.1, -0.05) is 18.2 Å². The molecule has 4 heterocycles. The predicted octanol–water partition coefficient (Wildman–Crippen LogP) is 4.24. The van der Waals surface area contributed by atoms with Crippen molar-refractivity contribution in [1.82, 2.24) is 0 Å². The second-order valence-electron chi connectivity index (χ2n) is 7.50. The Morgan fingerprint density at radius 3 is 1.72 bits per heavy atom. The summed E-state index contributed by atoms with van der Waals surface area (Å²) in [6, 6.07) is 0.804. The summed E-state index contributed by atoms with van der Waals surface area (Å²) < 4.78 is 3.16. The third-order valence-electron chi connectivity index (χ3n) is 5.60. The second-order valence-corrected chi connectivity index (χ2v) is 16.7. The minimum Gasteiger partial charge on any atom is -0.327 e. The van der Waals surface area contributed by atoms with Gasteiger partial charge in [-0.25, -0.2) is 0 Å². The number of hydrogen-bond acceptors (Lipinski definition) is 0. The average Bonchev–Trinajstić information content (AvgIpc) is 2.85. The molecule has 0 radical (unpaired) electrons. The molecule has 18 heavy (non-hydrogen) atoms. The molecular formula is C15H25NPSi+. The highest BCUT2D eigenvalue weighted by Crippen LogP contribution is 2.76. The lowest BCUT2D eigenvalue weighted by Gasteiger charge is -2.45. The molecule has 0 saturated carbocycles. The summed E-state index contributed by atoms with van der Waals surface area (Å²) in [5.41, 5.74) is 2.88. The molecule has 0 amide bonds. The molecule has 0 aromatic carbocycles. The molecule has 3 heteroatoms. The fourth-order valence-electron chi connectivity index (χ4n) is 5.31. The van der Waals surface area contributed by atoms with Crippen LogP contribution in [0.25, 0.3) is 0 Å². The molecule has 0 N–H and O–H groups in total. The van der Waals surface area contributed by atoms with E-state index in [1.165, 1.54) is 25.7 Å². The van der Waals surface area contributed by atoms with E-state index in [0.29, 0.717) is 0 Å². The number of nitrogens with zero attached hydrogens (tertiary/aromatic N) is 1. The van der Waals surface area contributed by atoms with Gasteiger partial charge in [0.1, 0.15) is 6.04 Å². The van der Waals surface area contributed by atoms with Crippen molar-refractivity contribution in [2.24, 2.45) is 0 Å². The van der Waals surface area contributed by atoms with Gasteiger partial charge in [0.2, 0.25) is 0 Å². The molecule has 5 atom stereocenters. The molecule has 1 saturated heterocycles. The molecule has 5 aliphatic rings. The Morgan fingerprint density at radius 2 is 1.33 bits per heavy atom. The summed E-state index contributed by atoms with van der Waals surface area (Å²) in [4.78, 5) is 0. The van der Waals surface area contributed by atoms with E-state index in [4.69, 9.17) is 0 Å². The SMILES string of the molecule is C[Si](C)(C)[N+]1=P2([C@@H]3C=C[C@H]1CC3)[C@@H]1C=C[C@H]2CC1. The van der Waals surface area contributed by atoms with Gasteiger partial charge in [-0.3, -0.25) is 0 Å². The molecule has 4 bridgehead atoms. The van der Waals surface area contributed by atoms with E-state index in [-0.39, 0.29) is 0 Å². The molecule has 4 aliphatic heterocycles. The van der Waals surface area contributed by atoms with Crippen molar-refractivity contribution in [2.75, 3.05) is 0 Å². The minimum atomic E-state index is -1.20. The first-order chi connectivity index (χ1) is 8.54. The van der Waals surface area contributed by atoms with Crippen LogP contribution in [-0.4, -0.2) is 35.2 Å². The van der Waals surface area contributed by atoms with Gasteiger partial charge in [0.15, 0.2) is 0 Å². The lowest BCUT2D eigenvalue weighted by atomic mass is 10.0. The standard InChI is InChI=1S/C15H25NPSi/c1-18(2,3)16-12-4-6-13(7-5-12)17(16)14-8-9-15(17)11-10-14/h4,6,8-9,12-15H,5,7,10-11H2,1-3H3/q+1/t12-,13+,14-,15+,17?/m0/s1. The lowest BCUT2D eigenvalue weighted by molar-refractivity contribution is -0.420. The van der Waals surface area contributed by atoms with Crippen LogP contribution in [0.15, 0.2) is 24.3 Å². The first kappa shape index (κ1) is 11.7. The van der Waals surface area contributed by atoms with Crippen LogP contribution in [0.2, 0.25) is 19.6 Å². The summed E-state index contributed by atoms with van der Waals surface area (Å²) in [6.45, 7) is 7.75. The molecule has 0 aromatic rings. The van der Waals surface area contributed by atoms with E-state index < -0.39 is 15.3 Å². The van der Waals surface area contributed by atoms with Crippen LogP contribution < -0.4 is 0 Å². The Labute approximate surface area is 112 Å². The van der Waals surface area contributed by atoms with Crippen molar-refractivity contribution in [3.63, 3.8) is 0 Å². The van der Waals surface area contributed by atoms with E-state index in [9.17, 15) is 0 Å². The summed E-state index contributed by atoms with van der Waals surface area (Å²) in [5, 5.41) is 0. The molecular weight excluding hydrogens is 253 g/mol. The molecule has 98 valence electrons. The molecule has 0 aromatic heterocycles. The van der Waals surface area contributed by atoms with E-state index >= 15 is 0 Å². The van der Waals surface area contributed by atoms with E-state index in [2.05, 4.69) is 47.9 Å². The van der Waals surface area contributed by atoms with E-state index in [0.717, 1.165) is 23.0 Å². The summed E-state index contributed by atoms with van der Waals surface area (Å²) in [6.07, 6.45) is 16.3. The average molecular weight is 278 g/mol. The van der Waals surface area contributed by atoms with Crippen LogP contribution in [0.3, 0.4) is 0 Å². The highest BCUT2D eigenvalue weighted by molar-refractivity contribution is 7.68. The van der Waals surface area contributed by atoms with Crippen molar-refractivity contribution >= 4 is 15.3 Å². The van der Waals surface area contributed by atoms with Gasteiger partial charge in [0.25, 0.3) is 0 Å². The first-order valence-corrected chi connectivity index (χ1v) is 13.0. The third-order valence-corrected chi connectivity index (χ3v) is 15.7. The second kappa shape index (κ2) is 3.52. The highest BCUT2D eigenvalue weighted by Gasteiger charge is 2.61. The topological polar surface area (TPSA) is 3.01 Å². The zero-order valence-corrected chi connectivity index (χ0v) is 13.7. The van der Waals surface area contributed by atoms with Crippen LogP contribution >= 0.6 is 7.05 Å². The molecule has 1 spiro atoms. The summed E-state index contributed by atoms with van der Waals surface area (Å²) in [7, 11) is -2.11. The highest BCUT2D eigenvalue weighted by atomic mass is 31.2. The normalized spacial score (nSPS) is 48.7. The Hall–Kier alpha value is -0.0731. The van der Waals surface area contributed by atoms with Crippen molar-refractivity contribution in [3.05, 3.63) is 24.3 Å². The predicted molar refractivity (Wildman–Crippen MR) is 82.4 cm³/mol. The number of fused-ring (bicyclic) bond motifs is 1. The van der Waals surface area contributed by atoms with Gasteiger partial charge in [-0.15, -0.1) is 0 Å². The fourth-order valence-corrected chi connectivity index (χ4v) is 18.0. The molecule has 5 rings (SSSR count). The molecule has 1 nitrogen and oxygen atoms in total. The minimum absolute atomic E-state index is 0.804. The fraction of sp³-hybridized carbons (Fsp3) is 0.733. The van der Waals surface area contributed by atoms with Crippen LogP contribution in [0, 0.1) is 0 Å². The van der Waals surface area contributed by atoms with Crippen molar-refractivity contribution in [3.8, 4) is 0 Å². The number of hydrogen-bond donors (Lipinski definition) is 0. The summed E-state index contributed by atoms with van der Waals surface area (Å²) in [5.74, 6) is 0. The maximum Gasteiger partial charge on any atom is 0.344 e. The van der Waals surface area contributed by atoms with Gasteiger partial charge in [0, 0.05) is 23.4 Å². The van der Waals surface area contributed by atoms with Gasteiger partial charge in [-0.2, -0.15) is 0 Å². The molecule has 1 fully saturated rings. The van der Waals surface area contributed by atoms with Gasteiger partial charge < -0.3 is 3.99 Å². The lowest BCUT2D eigenvalue weighted by Crippen LogP contribution is -2.50. The maximum absolute atomic E-state index is 3.16. The van der Waals surface area contributed by atoms with Crippen molar-refractivity contribution in [2.45, 2.75) is 68.3 Å².